The van der Waals surface area contributed by atoms with Gasteiger partial charge in [-0.25, -0.2) is 13.1 Å². The van der Waals surface area contributed by atoms with Crippen LogP contribution in [0.25, 0.3) is 0 Å². The van der Waals surface area contributed by atoms with Gasteiger partial charge in [-0.15, -0.1) is 0 Å². The first-order valence-corrected chi connectivity index (χ1v) is 8.79. The molecule has 0 radical (unpaired) electrons. The summed E-state index contributed by atoms with van der Waals surface area (Å²) in [6.07, 6.45) is 2.60. The van der Waals surface area contributed by atoms with E-state index in [9.17, 15) is 13.2 Å². The van der Waals surface area contributed by atoms with Gasteiger partial charge >= 0.3 is 0 Å². The van der Waals surface area contributed by atoms with Gasteiger partial charge in [-0.1, -0.05) is 26.3 Å². The molecule has 0 bridgehead atoms. The molecule has 1 aromatic rings. The van der Waals surface area contributed by atoms with Crippen molar-refractivity contribution in [3.05, 3.63) is 29.8 Å². The highest BCUT2D eigenvalue weighted by atomic mass is 32.2. The zero-order chi connectivity index (χ0) is 15.9. The maximum atomic E-state index is 12.2. The van der Waals surface area contributed by atoms with Crippen LogP contribution in [0, 0.1) is 0 Å². The summed E-state index contributed by atoms with van der Waals surface area (Å²) < 4.78 is 27.0. The van der Waals surface area contributed by atoms with Crippen molar-refractivity contribution in [3.8, 4) is 0 Å². The Morgan fingerprint density at radius 1 is 1.29 bits per heavy atom. The van der Waals surface area contributed by atoms with Crippen LogP contribution in [-0.2, 0) is 10.0 Å². The molecule has 0 saturated carbocycles. The fraction of sp³-hybridized carbons (Fsp3) is 0.533. The van der Waals surface area contributed by atoms with Crippen molar-refractivity contribution in [2.75, 3.05) is 6.54 Å². The molecule has 1 amide bonds. The lowest BCUT2D eigenvalue weighted by Crippen LogP contribution is -2.32. The van der Waals surface area contributed by atoms with Gasteiger partial charge in [-0.05, 0) is 38.0 Å². The molecule has 0 aliphatic heterocycles. The van der Waals surface area contributed by atoms with Crippen LogP contribution >= 0.6 is 0 Å². The predicted molar refractivity (Wildman–Crippen MR) is 83.8 cm³/mol. The molecule has 0 aliphatic carbocycles. The van der Waals surface area contributed by atoms with Crippen molar-refractivity contribution in [1.82, 2.24) is 10.0 Å². The lowest BCUT2D eigenvalue weighted by Gasteiger charge is -2.12. The SMILES string of the molecule is CCCCNC(=O)c1cccc(S(=O)(=O)NC(C)CC)c1. The number of benzene rings is 1. The van der Waals surface area contributed by atoms with E-state index in [0.29, 0.717) is 18.5 Å². The molecule has 0 aliphatic rings. The molecular formula is C15H24N2O3S. The number of hydrogen-bond donors (Lipinski definition) is 2. The van der Waals surface area contributed by atoms with E-state index >= 15 is 0 Å². The minimum Gasteiger partial charge on any atom is -0.352 e. The van der Waals surface area contributed by atoms with E-state index in [-0.39, 0.29) is 16.8 Å². The highest BCUT2D eigenvalue weighted by Crippen LogP contribution is 2.12. The van der Waals surface area contributed by atoms with Crippen LogP contribution in [0.1, 0.15) is 50.4 Å². The number of rotatable bonds is 8. The van der Waals surface area contributed by atoms with Crippen molar-refractivity contribution in [3.63, 3.8) is 0 Å². The van der Waals surface area contributed by atoms with E-state index in [2.05, 4.69) is 10.0 Å². The van der Waals surface area contributed by atoms with E-state index in [1.807, 2.05) is 13.8 Å². The minimum absolute atomic E-state index is 0.117. The van der Waals surface area contributed by atoms with Crippen molar-refractivity contribution in [2.24, 2.45) is 0 Å². The van der Waals surface area contributed by atoms with Crippen LogP contribution in [0.4, 0.5) is 0 Å². The fourth-order valence-electron chi connectivity index (χ4n) is 1.70. The number of carbonyl (C=O) groups is 1. The Bertz CT molecular complexity index is 570. The third kappa shape index (κ3) is 5.47. The lowest BCUT2D eigenvalue weighted by atomic mass is 10.2. The Hall–Kier alpha value is -1.40. The fourth-order valence-corrected chi connectivity index (χ4v) is 3.07. The molecule has 0 heterocycles. The van der Waals surface area contributed by atoms with E-state index in [1.165, 1.54) is 12.1 Å². The Labute approximate surface area is 127 Å². The van der Waals surface area contributed by atoms with Crippen LogP contribution < -0.4 is 10.0 Å². The van der Waals surface area contributed by atoms with Gasteiger partial charge in [0.2, 0.25) is 10.0 Å². The number of hydrogen-bond acceptors (Lipinski definition) is 3. The van der Waals surface area contributed by atoms with Gasteiger partial charge in [-0.3, -0.25) is 4.79 Å². The molecule has 0 fully saturated rings. The summed E-state index contributed by atoms with van der Waals surface area (Å²) in [5.74, 6) is -0.246. The van der Waals surface area contributed by atoms with Crippen LogP contribution in [0.5, 0.6) is 0 Å². The topological polar surface area (TPSA) is 75.3 Å². The highest BCUT2D eigenvalue weighted by molar-refractivity contribution is 7.89. The van der Waals surface area contributed by atoms with Gasteiger partial charge in [0.25, 0.3) is 5.91 Å². The highest BCUT2D eigenvalue weighted by Gasteiger charge is 2.18. The molecule has 1 aromatic carbocycles. The first-order valence-electron chi connectivity index (χ1n) is 7.31. The normalized spacial score (nSPS) is 12.9. The van der Waals surface area contributed by atoms with E-state index in [1.54, 1.807) is 19.1 Å². The molecule has 118 valence electrons. The van der Waals surface area contributed by atoms with Crippen LogP contribution in [0.15, 0.2) is 29.2 Å². The molecule has 0 spiro atoms. The number of unbranched alkanes of at least 4 members (excludes halogenated alkanes) is 1. The number of sulfonamides is 1. The van der Waals surface area contributed by atoms with Gasteiger partial charge in [0.1, 0.15) is 0 Å². The quantitative estimate of drug-likeness (QED) is 0.723. The smallest absolute Gasteiger partial charge is 0.251 e. The second-order valence-corrected chi connectivity index (χ2v) is 6.78. The second-order valence-electron chi connectivity index (χ2n) is 5.07. The minimum atomic E-state index is -3.58. The van der Waals surface area contributed by atoms with Crippen molar-refractivity contribution in [2.45, 2.75) is 51.0 Å². The summed E-state index contributed by atoms with van der Waals surface area (Å²) in [5, 5.41) is 2.78. The van der Waals surface area contributed by atoms with Gasteiger partial charge in [0, 0.05) is 18.2 Å². The van der Waals surface area contributed by atoms with Crippen LogP contribution in [0.2, 0.25) is 0 Å². The van der Waals surface area contributed by atoms with Gasteiger partial charge in [0.15, 0.2) is 0 Å². The largest absolute Gasteiger partial charge is 0.352 e. The van der Waals surface area contributed by atoms with Crippen molar-refractivity contribution >= 4 is 15.9 Å². The first-order chi connectivity index (χ1) is 9.90. The zero-order valence-electron chi connectivity index (χ0n) is 12.8. The molecule has 1 rings (SSSR count). The Kier molecular flexibility index (Phi) is 6.84. The summed E-state index contributed by atoms with van der Waals surface area (Å²) in [7, 11) is -3.58. The molecule has 0 aromatic heterocycles. The molecule has 2 N–H and O–H groups in total. The Morgan fingerprint density at radius 2 is 2.00 bits per heavy atom. The molecule has 0 saturated heterocycles. The molecule has 5 nitrogen and oxygen atoms in total. The number of carbonyl (C=O) groups excluding carboxylic acids is 1. The van der Waals surface area contributed by atoms with Gasteiger partial charge in [0.05, 0.1) is 4.90 Å². The summed E-state index contributed by atoms with van der Waals surface area (Å²) in [6.45, 7) is 6.35. The molecule has 6 heteroatoms. The molecule has 1 unspecified atom stereocenters. The molecular weight excluding hydrogens is 288 g/mol. The van der Waals surface area contributed by atoms with Crippen LogP contribution in [0.3, 0.4) is 0 Å². The van der Waals surface area contributed by atoms with Crippen LogP contribution in [-0.4, -0.2) is 26.9 Å². The van der Waals surface area contributed by atoms with Gasteiger partial charge in [-0.2, -0.15) is 0 Å². The lowest BCUT2D eigenvalue weighted by molar-refractivity contribution is 0.0953. The summed E-state index contributed by atoms with van der Waals surface area (Å²) >= 11 is 0. The van der Waals surface area contributed by atoms with Crippen molar-refractivity contribution < 1.29 is 13.2 Å². The third-order valence-electron chi connectivity index (χ3n) is 3.19. The maximum absolute atomic E-state index is 12.2. The predicted octanol–water partition coefficient (Wildman–Crippen LogP) is 2.29. The zero-order valence-corrected chi connectivity index (χ0v) is 13.7. The summed E-state index contributed by atoms with van der Waals surface area (Å²) in [6, 6.07) is 5.96. The van der Waals surface area contributed by atoms with Crippen molar-refractivity contribution in [1.29, 1.82) is 0 Å². The number of amides is 1. The summed E-state index contributed by atoms with van der Waals surface area (Å²) in [5.41, 5.74) is 0.359. The second kappa shape index (κ2) is 8.14. The summed E-state index contributed by atoms with van der Waals surface area (Å²) in [4.78, 5) is 12.1. The molecule has 1 atom stereocenters. The van der Waals surface area contributed by atoms with E-state index < -0.39 is 10.0 Å². The van der Waals surface area contributed by atoms with E-state index in [4.69, 9.17) is 0 Å². The average molecular weight is 312 g/mol. The van der Waals surface area contributed by atoms with Gasteiger partial charge < -0.3 is 5.32 Å². The third-order valence-corrected chi connectivity index (χ3v) is 4.78. The number of nitrogens with one attached hydrogen (secondary N) is 2. The van der Waals surface area contributed by atoms with E-state index in [0.717, 1.165) is 12.8 Å². The molecule has 21 heavy (non-hydrogen) atoms. The Morgan fingerprint density at radius 3 is 2.62 bits per heavy atom. The Balaban J connectivity index is 2.87. The standard InChI is InChI=1S/C15H24N2O3S/c1-4-6-10-16-15(18)13-8-7-9-14(11-13)21(19,20)17-12(3)5-2/h7-9,11-12,17H,4-6,10H2,1-3H3,(H,16,18). The monoisotopic (exact) mass is 312 g/mol. The average Bonchev–Trinajstić information content (AvgIpc) is 2.47. The first kappa shape index (κ1) is 17.7. The maximum Gasteiger partial charge on any atom is 0.251 e.